The molecule has 1 heterocycles. The first-order valence-electron chi connectivity index (χ1n) is 9.30. The third-order valence-corrected chi connectivity index (χ3v) is 5.94. The van der Waals surface area contributed by atoms with E-state index < -0.39 is 5.82 Å². The second kappa shape index (κ2) is 9.65. The fraction of sp³-hybridized carbons (Fsp3) is 0.227. The van der Waals surface area contributed by atoms with Crippen molar-refractivity contribution in [3.63, 3.8) is 0 Å². The lowest BCUT2D eigenvalue weighted by atomic mass is 10.1. The second-order valence-corrected chi connectivity index (χ2v) is 8.65. The van der Waals surface area contributed by atoms with Crippen LogP contribution < -0.4 is 4.74 Å². The monoisotopic (exact) mass is 476 g/mol. The van der Waals surface area contributed by atoms with Gasteiger partial charge in [-0.2, -0.15) is 9.64 Å². The third-order valence-electron chi connectivity index (χ3n) is 4.61. The molecular weight excluding hydrogens is 458 g/mol. The number of aromatic nitrogens is 1. The van der Waals surface area contributed by atoms with Crippen molar-refractivity contribution in [2.75, 3.05) is 7.05 Å². The molecular formula is C22H19Cl2FN4OS. The van der Waals surface area contributed by atoms with Crippen molar-refractivity contribution in [3.05, 3.63) is 57.3 Å². The van der Waals surface area contributed by atoms with Crippen molar-refractivity contribution in [1.29, 1.82) is 5.26 Å². The van der Waals surface area contributed by atoms with Crippen LogP contribution in [0.5, 0.6) is 10.8 Å². The molecule has 31 heavy (non-hydrogen) atoms. The van der Waals surface area contributed by atoms with Crippen molar-refractivity contribution < 1.29 is 9.13 Å². The summed E-state index contributed by atoms with van der Waals surface area (Å²) >= 11 is 13.5. The summed E-state index contributed by atoms with van der Waals surface area (Å²) < 4.78 is 23.6. The minimum Gasteiger partial charge on any atom is -0.442 e. The number of halogens is 3. The van der Waals surface area contributed by atoms with E-state index in [9.17, 15) is 9.65 Å². The zero-order chi connectivity index (χ0) is 22.7. The van der Waals surface area contributed by atoms with Crippen LogP contribution in [0.25, 0.3) is 11.3 Å². The molecule has 0 aliphatic carbocycles. The van der Waals surface area contributed by atoms with Crippen LogP contribution in [0.3, 0.4) is 0 Å². The Kier molecular flexibility index (Phi) is 7.16. The predicted octanol–water partition coefficient (Wildman–Crippen LogP) is 7.23. The highest BCUT2D eigenvalue weighted by atomic mass is 35.5. The number of nitriles is 1. The maximum absolute atomic E-state index is 13.4. The highest BCUT2D eigenvalue weighted by Crippen LogP contribution is 2.41. The Bertz CT molecular complexity index is 1190. The molecule has 1 aromatic heterocycles. The summed E-state index contributed by atoms with van der Waals surface area (Å²) in [4.78, 5) is 6.47. The standard InChI is InChI=1S/C22H19Cl2FN4OS/c1-12(2)29(4)11-27-19-9-18(24)20(7-13(19)3)30-22-16(10-26)21(28-31-22)15-6-5-14(25)8-17(15)23/h5-9,11-12H,1-4H3. The average Bonchev–Trinajstić information content (AvgIpc) is 3.11. The molecule has 0 aliphatic rings. The van der Waals surface area contributed by atoms with E-state index in [2.05, 4.69) is 29.3 Å². The third kappa shape index (κ3) is 5.16. The highest BCUT2D eigenvalue weighted by Gasteiger charge is 2.20. The van der Waals surface area contributed by atoms with E-state index in [0.29, 0.717) is 33.8 Å². The van der Waals surface area contributed by atoms with E-state index in [1.54, 1.807) is 18.5 Å². The Hall–Kier alpha value is -2.66. The Balaban J connectivity index is 1.92. The number of hydrogen-bond donors (Lipinski definition) is 0. The van der Waals surface area contributed by atoms with Crippen LogP contribution in [0.15, 0.2) is 35.3 Å². The molecule has 3 aromatic rings. The van der Waals surface area contributed by atoms with Gasteiger partial charge in [0.15, 0.2) is 0 Å². The van der Waals surface area contributed by atoms with Gasteiger partial charge in [0, 0.05) is 30.2 Å². The molecule has 0 unspecified atom stereocenters. The molecule has 0 atom stereocenters. The summed E-state index contributed by atoms with van der Waals surface area (Å²) in [6, 6.07) is 9.80. The first-order chi connectivity index (χ1) is 14.7. The molecule has 3 rings (SSSR count). The van der Waals surface area contributed by atoms with Crippen LogP contribution in [0.2, 0.25) is 10.0 Å². The number of ether oxygens (including phenoxy) is 1. The van der Waals surface area contributed by atoms with Crippen LogP contribution in [0.1, 0.15) is 25.0 Å². The molecule has 0 radical (unpaired) electrons. The van der Waals surface area contributed by atoms with Gasteiger partial charge in [0.1, 0.15) is 28.9 Å². The van der Waals surface area contributed by atoms with E-state index in [1.807, 2.05) is 18.9 Å². The molecule has 9 heteroatoms. The van der Waals surface area contributed by atoms with Crippen molar-refractivity contribution in [2.45, 2.75) is 26.8 Å². The van der Waals surface area contributed by atoms with E-state index in [4.69, 9.17) is 27.9 Å². The SMILES string of the molecule is Cc1cc(Oc2snc(-c3ccc(F)cc3Cl)c2C#N)c(Cl)cc1N=CN(C)C(C)C. The molecule has 0 N–H and O–H groups in total. The number of rotatable bonds is 6. The molecule has 0 spiro atoms. The molecule has 0 fully saturated rings. The van der Waals surface area contributed by atoms with E-state index in [0.717, 1.165) is 17.1 Å². The summed E-state index contributed by atoms with van der Waals surface area (Å²) in [5.74, 6) is -0.0872. The number of benzene rings is 2. The highest BCUT2D eigenvalue weighted by molar-refractivity contribution is 7.08. The number of aryl methyl sites for hydroxylation is 1. The van der Waals surface area contributed by atoms with Crippen LogP contribution in [-0.2, 0) is 0 Å². The summed E-state index contributed by atoms with van der Waals surface area (Å²) in [7, 11) is 1.95. The molecule has 0 aliphatic heterocycles. The van der Waals surface area contributed by atoms with Gasteiger partial charge in [0.25, 0.3) is 0 Å². The van der Waals surface area contributed by atoms with Crippen LogP contribution >= 0.6 is 34.7 Å². The summed E-state index contributed by atoms with van der Waals surface area (Å²) in [5, 5.41) is 10.5. The van der Waals surface area contributed by atoms with Crippen LogP contribution in [0, 0.1) is 24.1 Å². The lowest BCUT2D eigenvalue weighted by molar-refractivity contribution is 0.429. The molecule has 160 valence electrons. The molecule has 0 saturated carbocycles. The molecule has 2 aromatic carbocycles. The van der Waals surface area contributed by atoms with Crippen LogP contribution in [0.4, 0.5) is 10.1 Å². The smallest absolute Gasteiger partial charge is 0.218 e. The largest absolute Gasteiger partial charge is 0.442 e. The molecule has 0 bridgehead atoms. The van der Waals surface area contributed by atoms with Gasteiger partial charge in [0.2, 0.25) is 5.06 Å². The number of nitrogens with zero attached hydrogens (tertiary/aromatic N) is 4. The zero-order valence-corrected chi connectivity index (χ0v) is 19.6. The zero-order valence-electron chi connectivity index (χ0n) is 17.3. The fourth-order valence-corrected chi connectivity index (χ4v) is 3.73. The van der Waals surface area contributed by atoms with Crippen molar-refractivity contribution >= 4 is 46.8 Å². The quantitative estimate of drug-likeness (QED) is 0.278. The van der Waals surface area contributed by atoms with Crippen molar-refractivity contribution in [1.82, 2.24) is 9.27 Å². The van der Waals surface area contributed by atoms with E-state index in [1.165, 1.54) is 18.2 Å². The van der Waals surface area contributed by atoms with Crippen LogP contribution in [-0.4, -0.2) is 28.7 Å². The lowest BCUT2D eigenvalue weighted by Gasteiger charge is -2.17. The first-order valence-corrected chi connectivity index (χ1v) is 10.8. The van der Waals surface area contributed by atoms with E-state index in [-0.39, 0.29) is 15.6 Å². The molecule has 0 saturated heterocycles. The van der Waals surface area contributed by atoms with Gasteiger partial charge in [-0.15, -0.1) is 0 Å². The Morgan fingerprint density at radius 1 is 1.26 bits per heavy atom. The summed E-state index contributed by atoms with van der Waals surface area (Å²) in [6.07, 6.45) is 1.75. The average molecular weight is 477 g/mol. The van der Waals surface area contributed by atoms with Gasteiger partial charge in [0.05, 0.1) is 22.1 Å². The maximum atomic E-state index is 13.4. The predicted molar refractivity (Wildman–Crippen MR) is 125 cm³/mol. The van der Waals surface area contributed by atoms with Gasteiger partial charge in [-0.1, -0.05) is 23.2 Å². The normalized spacial score (nSPS) is 11.2. The fourth-order valence-electron chi connectivity index (χ4n) is 2.56. The second-order valence-electron chi connectivity index (χ2n) is 7.10. The lowest BCUT2D eigenvalue weighted by Crippen LogP contribution is -2.24. The molecule has 0 amide bonds. The molecule has 5 nitrogen and oxygen atoms in total. The first kappa shape index (κ1) is 23.0. The number of aliphatic imine (C=N–C) groups is 1. The minimum absolute atomic E-state index is 0.163. The van der Waals surface area contributed by atoms with Gasteiger partial charge in [-0.25, -0.2) is 9.38 Å². The van der Waals surface area contributed by atoms with Crippen molar-refractivity contribution in [2.24, 2.45) is 4.99 Å². The maximum Gasteiger partial charge on any atom is 0.218 e. The van der Waals surface area contributed by atoms with Crippen molar-refractivity contribution in [3.8, 4) is 28.1 Å². The van der Waals surface area contributed by atoms with E-state index >= 15 is 0 Å². The van der Waals surface area contributed by atoms with Gasteiger partial charge >= 0.3 is 0 Å². The van der Waals surface area contributed by atoms with Gasteiger partial charge in [-0.05, 0) is 56.7 Å². The Morgan fingerprint density at radius 3 is 2.65 bits per heavy atom. The summed E-state index contributed by atoms with van der Waals surface area (Å²) in [5.41, 5.74) is 2.56. The minimum atomic E-state index is -0.469. The summed E-state index contributed by atoms with van der Waals surface area (Å²) in [6.45, 7) is 6.03. The number of hydrogen-bond acceptors (Lipinski definition) is 5. The Labute approximate surface area is 194 Å². The topological polar surface area (TPSA) is 61.5 Å². The van der Waals surface area contributed by atoms with Gasteiger partial charge < -0.3 is 9.64 Å². The Morgan fingerprint density at radius 2 is 2.00 bits per heavy atom. The van der Waals surface area contributed by atoms with Gasteiger partial charge in [-0.3, -0.25) is 0 Å².